The van der Waals surface area contributed by atoms with Gasteiger partial charge in [0.15, 0.2) is 0 Å². The summed E-state index contributed by atoms with van der Waals surface area (Å²) < 4.78 is 5.39. The molecule has 1 aromatic heterocycles. The Balaban J connectivity index is 2.52. The lowest BCUT2D eigenvalue weighted by Gasteiger charge is -2.23. The third-order valence-electron chi connectivity index (χ3n) is 3.66. The summed E-state index contributed by atoms with van der Waals surface area (Å²) in [7, 11) is 0. The molecular formula is C15H18O3. The van der Waals surface area contributed by atoms with Crippen molar-refractivity contribution in [2.75, 3.05) is 0 Å². The lowest BCUT2D eigenvalue weighted by Crippen LogP contribution is -2.15. The number of carboxylic acid groups (broad SMARTS) is 1. The summed E-state index contributed by atoms with van der Waals surface area (Å²) in [5, 5.41) is 9.79. The van der Waals surface area contributed by atoms with Gasteiger partial charge in [0.1, 0.15) is 5.58 Å². The van der Waals surface area contributed by atoms with Gasteiger partial charge in [-0.25, -0.2) is 0 Å². The number of carboxylic acids is 1. The van der Waals surface area contributed by atoms with Gasteiger partial charge in [0.2, 0.25) is 0 Å². The van der Waals surface area contributed by atoms with Gasteiger partial charge in [-0.05, 0) is 29.5 Å². The van der Waals surface area contributed by atoms with Crippen LogP contribution in [0.5, 0.6) is 0 Å². The molecular weight excluding hydrogens is 228 g/mol. The van der Waals surface area contributed by atoms with Crippen LogP contribution >= 0.6 is 0 Å². The van der Waals surface area contributed by atoms with Crippen molar-refractivity contribution in [1.29, 1.82) is 0 Å². The van der Waals surface area contributed by atoms with Gasteiger partial charge in [-0.2, -0.15) is 0 Å². The summed E-state index contributed by atoms with van der Waals surface area (Å²) in [6.07, 6.45) is 2.58. The zero-order chi connectivity index (χ0) is 13.3. The summed E-state index contributed by atoms with van der Waals surface area (Å²) in [5.74, 6) is -0.835. The topological polar surface area (TPSA) is 50.4 Å². The van der Waals surface area contributed by atoms with Crippen LogP contribution < -0.4 is 0 Å². The van der Waals surface area contributed by atoms with Gasteiger partial charge in [-0.15, -0.1) is 0 Å². The van der Waals surface area contributed by atoms with E-state index < -0.39 is 5.97 Å². The molecule has 0 unspecified atom stereocenters. The minimum Gasteiger partial charge on any atom is -0.481 e. The van der Waals surface area contributed by atoms with Crippen LogP contribution in [0.1, 0.15) is 38.3 Å². The van der Waals surface area contributed by atoms with Crippen LogP contribution in [-0.4, -0.2) is 11.1 Å². The third-order valence-corrected chi connectivity index (χ3v) is 3.66. The van der Waals surface area contributed by atoms with E-state index in [1.54, 1.807) is 6.26 Å². The first kappa shape index (κ1) is 12.7. The second-order valence-electron chi connectivity index (χ2n) is 5.28. The fourth-order valence-electron chi connectivity index (χ4n) is 2.01. The van der Waals surface area contributed by atoms with E-state index in [4.69, 9.17) is 9.52 Å². The van der Waals surface area contributed by atoms with Crippen molar-refractivity contribution < 1.29 is 14.3 Å². The van der Waals surface area contributed by atoms with Gasteiger partial charge in [0.25, 0.3) is 0 Å². The van der Waals surface area contributed by atoms with Crippen LogP contribution in [0.15, 0.2) is 28.9 Å². The monoisotopic (exact) mass is 246 g/mol. The second kappa shape index (κ2) is 4.48. The lowest BCUT2D eigenvalue weighted by atomic mass is 9.82. The molecule has 1 N–H and O–H groups in total. The maximum Gasteiger partial charge on any atom is 0.307 e. The molecule has 0 fully saturated rings. The molecule has 1 aromatic carbocycles. The van der Waals surface area contributed by atoms with Crippen molar-refractivity contribution in [3.05, 3.63) is 35.6 Å². The highest BCUT2D eigenvalue weighted by Crippen LogP contribution is 2.31. The molecule has 18 heavy (non-hydrogen) atoms. The predicted molar refractivity (Wildman–Crippen MR) is 70.9 cm³/mol. The van der Waals surface area contributed by atoms with Crippen molar-refractivity contribution in [3.63, 3.8) is 0 Å². The zero-order valence-electron chi connectivity index (χ0n) is 11.0. The molecule has 0 saturated heterocycles. The summed E-state index contributed by atoms with van der Waals surface area (Å²) in [4.78, 5) is 10.8. The number of furan rings is 1. The van der Waals surface area contributed by atoms with Crippen LogP contribution in [0, 0.1) is 0 Å². The molecule has 0 bridgehead atoms. The number of carbonyl (C=O) groups is 1. The number of hydrogen-bond acceptors (Lipinski definition) is 2. The van der Waals surface area contributed by atoms with E-state index >= 15 is 0 Å². The molecule has 0 atom stereocenters. The van der Waals surface area contributed by atoms with Gasteiger partial charge in [0.05, 0.1) is 12.7 Å². The normalized spacial score (nSPS) is 11.9. The molecule has 3 nitrogen and oxygen atoms in total. The highest BCUT2D eigenvalue weighted by molar-refractivity contribution is 5.86. The van der Waals surface area contributed by atoms with Crippen LogP contribution in [0.2, 0.25) is 0 Å². The average Bonchev–Trinajstić information content (AvgIpc) is 2.71. The van der Waals surface area contributed by atoms with Gasteiger partial charge in [0, 0.05) is 10.9 Å². The smallest absolute Gasteiger partial charge is 0.307 e. The molecule has 0 spiro atoms. The maximum absolute atomic E-state index is 10.8. The Labute approximate surface area is 106 Å². The molecule has 0 aliphatic heterocycles. The molecule has 2 aromatic rings. The average molecular weight is 246 g/mol. The second-order valence-corrected chi connectivity index (χ2v) is 5.28. The van der Waals surface area contributed by atoms with Crippen LogP contribution in [0.3, 0.4) is 0 Å². The summed E-state index contributed by atoms with van der Waals surface area (Å²) in [6.45, 7) is 6.52. The Morgan fingerprint density at radius 3 is 2.72 bits per heavy atom. The molecule has 0 saturated carbocycles. The fraction of sp³-hybridized carbons (Fsp3) is 0.400. The first-order chi connectivity index (χ1) is 8.44. The van der Waals surface area contributed by atoms with E-state index in [0.717, 1.165) is 23.0 Å². The Bertz CT molecular complexity index is 578. The van der Waals surface area contributed by atoms with Crippen LogP contribution in [-0.2, 0) is 16.6 Å². The summed E-state index contributed by atoms with van der Waals surface area (Å²) in [6, 6.07) is 6.04. The zero-order valence-corrected chi connectivity index (χ0v) is 11.0. The molecule has 0 aliphatic carbocycles. The number of rotatable bonds is 4. The molecule has 0 amide bonds. The SMILES string of the molecule is CCC(C)(C)c1ccc2occ(CC(=O)O)c2c1. The first-order valence-electron chi connectivity index (χ1n) is 6.16. The van der Waals surface area contributed by atoms with E-state index in [1.165, 1.54) is 5.56 Å². The quantitative estimate of drug-likeness (QED) is 0.893. The molecule has 3 heteroatoms. The molecule has 2 rings (SSSR count). The van der Waals surface area contributed by atoms with E-state index in [1.807, 2.05) is 6.07 Å². The van der Waals surface area contributed by atoms with E-state index in [9.17, 15) is 4.79 Å². The standard InChI is InChI=1S/C15H18O3/c1-4-15(2,3)11-5-6-13-12(8-11)10(9-18-13)7-14(16)17/h5-6,8-9H,4,7H2,1-3H3,(H,16,17). The highest BCUT2D eigenvalue weighted by atomic mass is 16.4. The van der Waals surface area contributed by atoms with Gasteiger partial charge >= 0.3 is 5.97 Å². The third kappa shape index (κ3) is 2.26. The van der Waals surface area contributed by atoms with E-state index in [2.05, 4.69) is 32.9 Å². The molecule has 96 valence electrons. The van der Waals surface area contributed by atoms with Crippen molar-refractivity contribution in [1.82, 2.24) is 0 Å². The van der Waals surface area contributed by atoms with E-state index in [0.29, 0.717) is 0 Å². The minimum atomic E-state index is -0.835. The number of fused-ring (bicyclic) bond motifs is 1. The number of aliphatic carboxylic acids is 1. The van der Waals surface area contributed by atoms with E-state index in [-0.39, 0.29) is 11.8 Å². The van der Waals surface area contributed by atoms with Crippen LogP contribution in [0.4, 0.5) is 0 Å². The van der Waals surface area contributed by atoms with Gasteiger partial charge in [-0.3, -0.25) is 4.79 Å². The fourth-order valence-corrected chi connectivity index (χ4v) is 2.01. The van der Waals surface area contributed by atoms with Gasteiger partial charge in [-0.1, -0.05) is 26.8 Å². The maximum atomic E-state index is 10.8. The minimum absolute atomic E-state index is 0.00298. The Hall–Kier alpha value is -1.77. The van der Waals surface area contributed by atoms with Crippen molar-refractivity contribution >= 4 is 16.9 Å². The number of benzene rings is 1. The van der Waals surface area contributed by atoms with Crippen LogP contribution in [0.25, 0.3) is 11.0 Å². The predicted octanol–water partition coefficient (Wildman–Crippen LogP) is 3.75. The molecule has 1 heterocycles. The van der Waals surface area contributed by atoms with Crippen molar-refractivity contribution in [2.24, 2.45) is 0 Å². The van der Waals surface area contributed by atoms with Gasteiger partial charge < -0.3 is 9.52 Å². The Morgan fingerprint density at radius 1 is 1.39 bits per heavy atom. The van der Waals surface area contributed by atoms with Crippen molar-refractivity contribution in [3.8, 4) is 0 Å². The Morgan fingerprint density at radius 2 is 2.11 bits per heavy atom. The highest BCUT2D eigenvalue weighted by Gasteiger charge is 2.19. The number of hydrogen-bond donors (Lipinski definition) is 1. The summed E-state index contributed by atoms with van der Waals surface area (Å²) >= 11 is 0. The first-order valence-corrected chi connectivity index (χ1v) is 6.16. The largest absolute Gasteiger partial charge is 0.481 e. The molecule has 0 radical (unpaired) electrons. The Kier molecular flexibility index (Phi) is 3.16. The summed E-state index contributed by atoms with van der Waals surface area (Å²) in [5.41, 5.74) is 2.80. The molecule has 0 aliphatic rings. The van der Waals surface area contributed by atoms with Crippen molar-refractivity contribution in [2.45, 2.75) is 39.0 Å². The lowest BCUT2D eigenvalue weighted by molar-refractivity contribution is -0.136.